The molecule has 1 aliphatic carbocycles. The Balaban J connectivity index is 1.35. The van der Waals surface area contributed by atoms with Gasteiger partial charge in [-0.05, 0) is 37.1 Å². The van der Waals surface area contributed by atoms with Gasteiger partial charge in [-0.1, -0.05) is 36.4 Å². The second-order valence-electron chi connectivity index (χ2n) is 7.90. The Morgan fingerprint density at radius 1 is 1.10 bits per heavy atom. The molecule has 5 atom stereocenters. The van der Waals surface area contributed by atoms with Crippen LogP contribution in [0.4, 0.5) is 4.39 Å². The molecule has 0 amide bonds. The van der Waals surface area contributed by atoms with Crippen LogP contribution in [-0.2, 0) is 14.3 Å². The van der Waals surface area contributed by atoms with Crippen LogP contribution in [0, 0.1) is 11.8 Å². The van der Waals surface area contributed by atoms with Crippen LogP contribution < -0.4 is 4.74 Å². The molecule has 1 heterocycles. The van der Waals surface area contributed by atoms with E-state index in [0.29, 0.717) is 30.6 Å². The number of esters is 2. The highest BCUT2D eigenvalue weighted by atomic mass is 19.1. The smallest absolute Gasteiger partial charge is 0.338 e. The van der Waals surface area contributed by atoms with Gasteiger partial charge in [-0.2, -0.15) is 0 Å². The van der Waals surface area contributed by atoms with E-state index in [9.17, 15) is 14.0 Å². The Bertz CT molecular complexity index is 856. The Hall–Kier alpha value is -2.89. The van der Waals surface area contributed by atoms with E-state index in [1.807, 2.05) is 24.3 Å². The van der Waals surface area contributed by atoms with Crippen molar-refractivity contribution in [3.63, 3.8) is 0 Å². The predicted octanol–water partition coefficient (Wildman–Crippen LogP) is 4.36. The highest BCUT2D eigenvalue weighted by Crippen LogP contribution is 2.45. The molecule has 30 heavy (non-hydrogen) atoms. The zero-order chi connectivity index (χ0) is 20.9. The second kappa shape index (κ2) is 9.28. The van der Waals surface area contributed by atoms with Crippen LogP contribution in [0.25, 0.3) is 0 Å². The Labute approximate surface area is 175 Å². The monoisotopic (exact) mass is 412 g/mol. The lowest BCUT2D eigenvalue weighted by Gasteiger charge is -2.24. The molecule has 158 valence electrons. The molecule has 0 aromatic heterocycles. The van der Waals surface area contributed by atoms with Crippen molar-refractivity contribution >= 4 is 11.9 Å². The minimum Gasteiger partial charge on any atom is -0.491 e. The third-order valence-corrected chi connectivity index (χ3v) is 5.91. The lowest BCUT2D eigenvalue weighted by atomic mass is 9.87. The molecule has 6 heteroatoms. The molecule has 0 spiro atoms. The summed E-state index contributed by atoms with van der Waals surface area (Å²) in [6.45, 7) is -0.0330. The molecule has 0 radical (unpaired) electrons. The Morgan fingerprint density at radius 3 is 2.53 bits per heavy atom. The molecule has 1 aliphatic heterocycles. The van der Waals surface area contributed by atoms with E-state index in [1.165, 1.54) is 0 Å². The highest BCUT2D eigenvalue weighted by Gasteiger charge is 2.51. The molecular weight excluding hydrogens is 387 g/mol. The zero-order valence-electron chi connectivity index (χ0n) is 16.6. The molecule has 2 aromatic carbocycles. The van der Waals surface area contributed by atoms with Crippen LogP contribution >= 0.6 is 0 Å². The number of carbonyl (C=O) groups excluding carboxylic acids is 2. The van der Waals surface area contributed by atoms with Crippen molar-refractivity contribution in [2.45, 2.75) is 44.1 Å². The molecule has 0 N–H and O–H groups in total. The molecule has 2 aliphatic rings. The van der Waals surface area contributed by atoms with Crippen molar-refractivity contribution in [3.05, 3.63) is 66.2 Å². The number of fused-ring (bicyclic) bond motifs is 1. The predicted molar refractivity (Wildman–Crippen MR) is 108 cm³/mol. The fourth-order valence-electron chi connectivity index (χ4n) is 4.43. The van der Waals surface area contributed by atoms with Crippen molar-refractivity contribution < 1.29 is 28.2 Å². The molecular formula is C24H25FO5. The van der Waals surface area contributed by atoms with Crippen LogP contribution in [0.3, 0.4) is 0 Å². The first-order valence-electron chi connectivity index (χ1n) is 10.4. The largest absolute Gasteiger partial charge is 0.491 e. The maximum Gasteiger partial charge on any atom is 0.338 e. The van der Waals surface area contributed by atoms with E-state index in [4.69, 9.17) is 14.2 Å². The van der Waals surface area contributed by atoms with Gasteiger partial charge in [0.25, 0.3) is 0 Å². The van der Waals surface area contributed by atoms with Gasteiger partial charge < -0.3 is 14.2 Å². The fourth-order valence-corrected chi connectivity index (χ4v) is 4.43. The van der Waals surface area contributed by atoms with Crippen LogP contribution in [0.1, 0.15) is 36.0 Å². The van der Waals surface area contributed by atoms with Crippen molar-refractivity contribution in [1.29, 1.82) is 0 Å². The molecule has 1 saturated carbocycles. The van der Waals surface area contributed by atoms with Crippen LogP contribution in [0.5, 0.6) is 5.75 Å². The zero-order valence-corrected chi connectivity index (χ0v) is 16.6. The molecule has 2 fully saturated rings. The maximum absolute atomic E-state index is 14.5. The summed E-state index contributed by atoms with van der Waals surface area (Å²) in [7, 11) is 0. The van der Waals surface area contributed by atoms with E-state index in [1.54, 1.807) is 36.4 Å². The van der Waals surface area contributed by atoms with E-state index >= 15 is 0 Å². The third-order valence-electron chi connectivity index (χ3n) is 5.91. The van der Waals surface area contributed by atoms with Gasteiger partial charge in [0.05, 0.1) is 12.0 Å². The van der Waals surface area contributed by atoms with Crippen molar-refractivity contribution in [1.82, 2.24) is 0 Å². The minimum atomic E-state index is -1.15. The van der Waals surface area contributed by atoms with Gasteiger partial charge in [0.1, 0.15) is 30.7 Å². The number of halogens is 1. The molecule has 2 aromatic rings. The molecule has 4 rings (SSSR count). The number of ether oxygens (including phenoxy) is 3. The number of para-hydroxylation sites is 1. The van der Waals surface area contributed by atoms with Crippen LogP contribution in [-0.4, -0.2) is 36.9 Å². The van der Waals surface area contributed by atoms with E-state index < -0.39 is 12.1 Å². The highest BCUT2D eigenvalue weighted by molar-refractivity contribution is 5.89. The first kappa shape index (κ1) is 20.4. The number of benzene rings is 2. The quantitative estimate of drug-likeness (QED) is 0.603. The van der Waals surface area contributed by atoms with Gasteiger partial charge in [0.2, 0.25) is 0 Å². The normalized spacial score (nSPS) is 26.0. The SMILES string of the molecule is O=C1C[C@@H]2[C@@H](CC[C@@H](F)COc3ccccc3)[C@H](OC(=O)c3ccccc3)C[C@@H]2O1. The Morgan fingerprint density at radius 2 is 1.80 bits per heavy atom. The van der Waals surface area contributed by atoms with Crippen molar-refractivity contribution in [2.75, 3.05) is 6.61 Å². The summed E-state index contributed by atoms with van der Waals surface area (Å²) in [5.74, 6) is -0.143. The number of alkyl halides is 1. The summed E-state index contributed by atoms with van der Waals surface area (Å²) in [6, 6.07) is 17.9. The Kier molecular flexibility index (Phi) is 6.31. The first-order chi connectivity index (χ1) is 14.6. The summed E-state index contributed by atoms with van der Waals surface area (Å²) in [5.41, 5.74) is 0.477. The molecule has 0 unspecified atom stereocenters. The standard InChI is InChI=1S/C24H25FO5/c25-17(15-28-18-9-5-2-6-10-18)11-12-19-20-13-23(26)29-22(20)14-21(19)30-24(27)16-7-3-1-4-8-16/h1-10,17,19-22H,11-15H2/t17-,19-,20-,21-,22+/m1/s1. The van der Waals surface area contributed by atoms with Gasteiger partial charge in [0, 0.05) is 18.3 Å². The van der Waals surface area contributed by atoms with Gasteiger partial charge in [-0.15, -0.1) is 0 Å². The molecule has 0 bridgehead atoms. The molecule has 5 nitrogen and oxygen atoms in total. The average Bonchev–Trinajstić information content (AvgIpc) is 3.27. The van der Waals surface area contributed by atoms with Crippen LogP contribution in [0.15, 0.2) is 60.7 Å². The van der Waals surface area contributed by atoms with Crippen molar-refractivity contribution in [2.24, 2.45) is 11.8 Å². The number of hydrogen-bond acceptors (Lipinski definition) is 5. The lowest BCUT2D eigenvalue weighted by Crippen LogP contribution is -2.27. The summed E-state index contributed by atoms with van der Waals surface area (Å²) < 4.78 is 31.1. The number of hydrogen-bond donors (Lipinski definition) is 0. The first-order valence-corrected chi connectivity index (χ1v) is 10.4. The number of carbonyl (C=O) groups is 2. The third kappa shape index (κ3) is 4.81. The van der Waals surface area contributed by atoms with Gasteiger partial charge in [0.15, 0.2) is 0 Å². The fraction of sp³-hybridized carbons (Fsp3) is 0.417. The minimum absolute atomic E-state index is 0.0330. The average molecular weight is 412 g/mol. The maximum atomic E-state index is 14.5. The summed E-state index contributed by atoms with van der Waals surface area (Å²) in [4.78, 5) is 24.2. The number of rotatable bonds is 8. The second-order valence-corrected chi connectivity index (χ2v) is 7.90. The van der Waals surface area contributed by atoms with Gasteiger partial charge in [-0.25, -0.2) is 9.18 Å². The van der Waals surface area contributed by atoms with Gasteiger partial charge in [-0.3, -0.25) is 4.79 Å². The van der Waals surface area contributed by atoms with E-state index in [0.717, 1.165) is 0 Å². The summed E-state index contributed by atoms with van der Waals surface area (Å²) in [6.07, 6.45) is -0.243. The van der Waals surface area contributed by atoms with E-state index in [2.05, 4.69) is 0 Å². The summed E-state index contributed by atoms with van der Waals surface area (Å²) >= 11 is 0. The van der Waals surface area contributed by atoms with Gasteiger partial charge >= 0.3 is 11.9 Å². The molecule has 1 saturated heterocycles. The topological polar surface area (TPSA) is 61.8 Å². The summed E-state index contributed by atoms with van der Waals surface area (Å²) in [5, 5.41) is 0. The van der Waals surface area contributed by atoms with E-state index in [-0.39, 0.29) is 43.0 Å². The lowest BCUT2D eigenvalue weighted by molar-refractivity contribution is -0.141. The van der Waals surface area contributed by atoms with Crippen LogP contribution in [0.2, 0.25) is 0 Å². The van der Waals surface area contributed by atoms with Crippen molar-refractivity contribution in [3.8, 4) is 5.75 Å².